The van der Waals surface area contributed by atoms with Gasteiger partial charge in [0.15, 0.2) is 0 Å². The van der Waals surface area contributed by atoms with Gasteiger partial charge in [0.2, 0.25) is 0 Å². The van der Waals surface area contributed by atoms with Gasteiger partial charge in [0.25, 0.3) is 0 Å². The molecule has 0 unspecified atom stereocenters. The maximum atomic E-state index is 10.5. The molecule has 0 saturated heterocycles. The van der Waals surface area contributed by atoms with Crippen molar-refractivity contribution >= 4 is 5.97 Å². The third kappa shape index (κ3) is 5.61. The van der Waals surface area contributed by atoms with Crippen LogP contribution in [0.25, 0.3) is 0 Å². The normalized spacial score (nSPS) is 13.4. The molecule has 1 atom stereocenters. The Kier molecular flexibility index (Phi) is 5.47. The van der Waals surface area contributed by atoms with Crippen molar-refractivity contribution in [3.05, 3.63) is 12.2 Å². The lowest BCUT2D eigenvalue weighted by atomic mass is 10.2. The third-order valence-electron chi connectivity index (χ3n) is 1.33. The van der Waals surface area contributed by atoms with E-state index in [1.165, 1.54) is 13.2 Å². The van der Waals surface area contributed by atoms with Gasteiger partial charge in [-0.15, -0.1) is 0 Å². The van der Waals surface area contributed by atoms with Crippen LogP contribution >= 0.6 is 0 Å². The summed E-state index contributed by atoms with van der Waals surface area (Å²) in [5.74, 6) is -0.381. The van der Waals surface area contributed by atoms with Crippen LogP contribution in [0.2, 0.25) is 0 Å². The molecule has 3 nitrogen and oxygen atoms in total. The van der Waals surface area contributed by atoms with Gasteiger partial charge in [-0.05, 0) is 12.8 Å². The van der Waals surface area contributed by atoms with Gasteiger partial charge in [0.05, 0.1) is 13.2 Å². The predicted octanol–water partition coefficient (Wildman–Crippen LogP) is 0.877. The molecule has 0 fully saturated rings. The van der Waals surface area contributed by atoms with E-state index in [2.05, 4.69) is 4.74 Å². The maximum absolute atomic E-state index is 10.5. The van der Waals surface area contributed by atoms with Gasteiger partial charge in [-0.2, -0.15) is 0 Å². The fraction of sp³-hybridized carbons (Fsp3) is 0.625. The van der Waals surface area contributed by atoms with Crippen LogP contribution in [0.3, 0.4) is 0 Å². The molecular weight excluding hydrogens is 144 g/mol. The Morgan fingerprint density at radius 3 is 2.82 bits per heavy atom. The first-order valence-corrected chi connectivity index (χ1v) is 3.63. The molecule has 64 valence electrons. The summed E-state index contributed by atoms with van der Waals surface area (Å²) in [6.45, 7) is 1.89. The Labute approximate surface area is 66.7 Å². The predicted molar refractivity (Wildman–Crippen MR) is 42.1 cm³/mol. The lowest BCUT2D eigenvalue weighted by Gasteiger charge is -2.00. The summed E-state index contributed by atoms with van der Waals surface area (Å²) in [5.41, 5.74) is 0. The molecule has 0 radical (unpaired) electrons. The van der Waals surface area contributed by atoms with E-state index in [1.807, 2.05) is 6.92 Å². The van der Waals surface area contributed by atoms with Gasteiger partial charge < -0.3 is 9.84 Å². The minimum atomic E-state index is -0.381. The van der Waals surface area contributed by atoms with Crippen LogP contribution in [0.4, 0.5) is 0 Å². The van der Waals surface area contributed by atoms with Gasteiger partial charge in [0.1, 0.15) is 0 Å². The van der Waals surface area contributed by atoms with E-state index in [0.29, 0.717) is 12.8 Å². The Hall–Kier alpha value is -0.830. The number of rotatable bonds is 4. The third-order valence-corrected chi connectivity index (χ3v) is 1.33. The number of carbonyl (C=O) groups is 1. The van der Waals surface area contributed by atoms with E-state index in [1.54, 1.807) is 6.08 Å². The molecular formula is C8H14O3. The summed E-state index contributed by atoms with van der Waals surface area (Å²) in [4.78, 5) is 10.5. The summed E-state index contributed by atoms with van der Waals surface area (Å²) in [6, 6.07) is 0. The number of aliphatic hydroxyl groups is 1. The fourth-order valence-electron chi connectivity index (χ4n) is 0.556. The second-order valence-corrected chi connectivity index (χ2v) is 2.22. The van der Waals surface area contributed by atoms with Crippen molar-refractivity contribution < 1.29 is 14.6 Å². The lowest BCUT2D eigenvalue weighted by Crippen LogP contribution is -2.02. The van der Waals surface area contributed by atoms with Gasteiger partial charge in [-0.25, -0.2) is 4.79 Å². The maximum Gasteiger partial charge on any atom is 0.330 e. The fourth-order valence-corrected chi connectivity index (χ4v) is 0.556. The van der Waals surface area contributed by atoms with Gasteiger partial charge in [-0.1, -0.05) is 13.0 Å². The van der Waals surface area contributed by atoms with E-state index < -0.39 is 0 Å². The van der Waals surface area contributed by atoms with E-state index in [0.717, 1.165) is 0 Å². The molecule has 0 aliphatic carbocycles. The van der Waals surface area contributed by atoms with Gasteiger partial charge in [0, 0.05) is 6.08 Å². The van der Waals surface area contributed by atoms with Gasteiger partial charge in [-0.3, -0.25) is 0 Å². The standard InChI is InChI=1S/C8H14O3/c1-3-7(9)5-4-6-8(10)11-2/h4,6-7,9H,3,5H2,1-2H3/b6-4+/t7-/m1/s1. The van der Waals surface area contributed by atoms with Gasteiger partial charge >= 0.3 is 5.97 Å². The first-order valence-electron chi connectivity index (χ1n) is 3.63. The first-order chi connectivity index (χ1) is 5.20. The summed E-state index contributed by atoms with van der Waals surface area (Å²) in [6.07, 6.45) is 3.78. The summed E-state index contributed by atoms with van der Waals surface area (Å²) in [5, 5.41) is 9.04. The molecule has 3 heteroatoms. The zero-order valence-electron chi connectivity index (χ0n) is 6.91. The zero-order valence-corrected chi connectivity index (χ0v) is 6.91. The van der Waals surface area contributed by atoms with E-state index in [4.69, 9.17) is 5.11 Å². The summed E-state index contributed by atoms with van der Waals surface area (Å²) in [7, 11) is 1.32. The minimum Gasteiger partial charge on any atom is -0.466 e. The van der Waals surface area contributed by atoms with Crippen LogP contribution in [0.1, 0.15) is 19.8 Å². The topological polar surface area (TPSA) is 46.5 Å². The Morgan fingerprint density at radius 2 is 2.36 bits per heavy atom. The van der Waals surface area contributed by atoms with Crippen LogP contribution in [-0.4, -0.2) is 24.3 Å². The van der Waals surface area contributed by atoms with Crippen LogP contribution in [0, 0.1) is 0 Å². The Balaban J connectivity index is 3.51. The van der Waals surface area contributed by atoms with Crippen molar-refractivity contribution in [2.75, 3.05) is 7.11 Å². The molecule has 0 aliphatic rings. The van der Waals surface area contributed by atoms with Crippen molar-refractivity contribution in [3.8, 4) is 0 Å². The largest absolute Gasteiger partial charge is 0.466 e. The number of carbonyl (C=O) groups excluding carboxylic acids is 1. The van der Waals surface area contributed by atoms with E-state index >= 15 is 0 Å². The molecule has 0 rings (SSSR count). The highest BCUT2D eigenvalue weighted by Crippen LogP contribution is 1.97. The van der Waals surface area contributed by atoms with Crippen LogP contribution in [0.5, 0.6) is 0 Å². The molecule has 0 saturated carbocycles. The molecule has 0 aromatic heterocycles. The van der Waals surface area contributed by atoms with E-state index in [-0.39, 0.29) is 12.1 Å². The number of ether oxygens (including phenoxy) is 1. The Bertz CT molecular complexity index is 140. The highest BCUT2D eigenvalue weighted by Gasteiger charge is 1.96. The van der Waals surface area contributed by atoms with Crippen LogP contribution in [0.15, 0.2) is 12.2 Å². The van der Waals surface area contributed by atoms with Crippen LogP contribution < -0.4 is 0 Å². The van der Waals surface area contributed by atoms with Crippen molar-refractivity contribution in [1.29, 1.82) is 0 Å². The molecule has 11 heavy (non-hydrogen) atoms. The molecule has 0 amide bonds. The number of aliphatic hydroxyl groups excluding tert-OH is 1. The second-order valence-electron chi connectivity index (χ2n) is 2.22. The minimum absolute atomic E-state index is 0.351. The number of hydrogen-bond acceptors (Lipinski definition) is 3. The highest BCUT2D eigenvalue weighted by molar-refractivity contribution is 5.81. The Morgan fingerprint density at radius 1 is 1.73 bits per heavy atom. The molecule has 0 aromatic rings. The average molecular weight is 158 g/mol. The highest BCUT2D eigenvalue weighted by atomic mass is 16.5. The monoisotopic (exact) mass is 158 g/mol. The van der Waals surface area contributed by atoms with Crippen molar-refractivity contribution in [3.63, 3.8) is 0 Å². The summed E-state index contributed by atoms with van der Waals surface area (Å²) >= 11 is 0. The van der Waals surface area contributed by atoms with Crippen molar-refractivity contribution in [1.82, 2.24) is 0 Å². The number of hydrogen-bond donors (Lipinski definition) is 1. The van der Waals surface area contributed by atoms with Crippen molar-refractivity contribution in [2.24, 2.45) is 0 Å². The summed E-state index contributed by atoms with van der Waals surface area (Å²) < 4.78 is 4.36. The second kappa shape index (κ2) is 5.92. The first kappa shape index (κ1) is 10.2. The van der Waals surface area contributed by atoms with Crippen molar-refractivity contribution in [2.45, 2.75) is 25.9 Å². The lowest BCUT2D eigenvalue weighted by molar-refractivity contribution is -0.134. The number of methoxy groups -OCH3 is 1. The van der Waals surface area contributed by atoms with Crippen LogP contribution in [-0.2, 0) is 9.53 Å². The molecule has 0 aliphatic heterocycles. The number of esters is 1. The average Bonchev–Trinajstić information content (AvgIpc) is 2.04. The SMILES string of the molecule is CC[C@@H](O)C/C=C/C(=O)OC. The molecule has 0 aromatic carbocycles. The zero-order chi connectivity index (χ0) is 8.69. The molecule has 0 spiro atoms. The van der Waals surface area contributed by atoms with E-state index in [9.17, 15) is 4.79 Å². The molecule has 1 N–H and O–H groups in total. The smallest absolute Gasteiger partial charge is 0.330 e. The molecule has 0 bridgehead atoms. The molecule has 0 heterocycles. The quantitative estimate of drug-likeness (QED) is 0.488.